The highest BCUT2D eigenvalue weighted by Gasteiger charge is 2.24. The van der Waals surface area contributed by atoms with E-state index >= 15 is 0 Å². The zero-order chi connectivity index (χ0) is 21.9. The molecule has 0 bridgehead atoms. The smallest absolute Gasteiger partial charge is 0.292 e. The molecule has 30 heavy (non-hydrogen) atoms. The average Bonchev–Trinajstić information content (AvgIpc) is 3.00. The fourth-order valence-electron chi connectivity index (χ4n) is 3.15. The van der Waals surface area contributed by atoms with Crippen molar-refractivity contribution in [3.05, 3.63) is 82.7 Å². The van der Waals surface area contributed by atoms with Crippen molar-refractivity contribution >= 4 is 21.7 Å². The van der Waals surface area contributed by atoms with Gasteiger partial charge in [-0.3, -0.25) is 9.59 Å². The Bertz CT molecular complexity index is 1180. The van der Waals surface area contributed by atoms with Crippen molar-refractivity contribution in [3.8, 4) is 5.69 Å². The molecule has 3 aromatic rings. The summed E-state index contributed by atoms with van der Waals surface area (Å²) in [4.78, 5) is 25.1. The van der Waals surface area contributed by atoms with Gasteiger partial charge in [-0.2, -0.15) is 5.10 Å². The summed E-state index contributed by atoms with van der Waals surface area (Å²) in [6, 6.07) is 15.9. The van der Waals surface area contributed by atoms with E-state index in [4.69, 9.17) is 5.14 Å². The molecule has 0 saturated heterocycles. The Hall–Kier alpha value is -3.30. The molecule has 0 aliphatic heterocycles. The largest absolute Gasteiger partial charge is 0.345 e. The number of sulfonamides is 1. The number of carbonyl (C=O) groups is 2. The number of nitrogens with zero attached hydrogens (tertiary/aromatic N) is 2. The van der Waals surface area contributed by atoms with E-state index in [1.54, 1.807) is 42.8 Å². The summed E-state index contributed by atoms with van der Waals surface area (Å²) in [5, 5.41) is 12.0. The van der Waals surface area contributed by atoms with Gasteiger partial charge in [0.15, 0.2) is 0 Å². The van der Waals surface area contributed by atoms with Gasteiger partial charge in [0, 0.05) is 6.54 Å². The molecule has 0 unspecified atom stereocenters. The van der Waals surface area contributed by atoms with Gasteiger partial charge < -0.3 is 5.32 Å². The normalized spacial score (nSPS) is 11.3. The first-order chi connectivity index (χ1) is 14.2. The number of benzene rings is 2. The third kappa shape index (κ3) is 5.00. The molecular weight excluding hydrogens is 404 g/mol. The van der Waals surface area contributed by atoms with Crippen molar-refractivity contribution in [1.29, 1.82) is 0 Å². The highest BCUT2D eigenvalue weighted by Crippen LogP contribution is 2.18. The molecule has 0 atom stereocenters. The quantitative estimate of drug-likeness (QED) is 0.440. The molecule has 0 saturated carbocycles. The molecule has 0 aliphatic rings. The van der Waals surface area contributed by atoms with Crippen molar-refractivity contribution in [3.63, 3.8) is 0 Å². The van der Waals surface area contributed by atoms with Crippen LogP contribution >= 0.6 is 0 Å². The van der Waals surface area contributed by atoms with Crippen LogP contribution in [0.4, 0.5) is 0 Å². The number of aryl methyl sites for hydroxylation is 1. The second-order valence-corrected chi connectivity index (χ2v) is 8.54. The summed E-state index contributed by atoms with van der Waals surface area (Å²) in [6.45, 7) is 3.57. The SMILES string of the molecule is Cc1nn(-c2ccccc2)c(C)c1C(=O)C(=O)NCc1ccc(CS(N)(=O)=O)cc1. The van der Waals surface area contributed by atoms with Crippen LogP contribution in [-0.2, 0) is 27.1 Å². The molecule has 9 heteroatoms. The number of rotatable bonds is 7. The molecule has 2 aromatic carbocycles. The molecule has 0 spiro atoms. The lowest BCUT2D eigenvalue weighted by Gasteiger charge is -2.07. The predicted octanol–water partition coefficient (Wildman–Crippen LogP) is 1.78. The summed E-state index contributed by atoms with van der Waals surface area (Å²) >= 11 is 0. The molecule has 1 heterocycles. The maximum Gasteiger partial charge on any atom is 0.292 e. The molecular formula is C21H22N4O4S. The molecule has 1 aromatic heterocycles. The van der Waals surface area contributed by atoms with Crippen LogP contribution in [0.5, 0.6) is 0 Å². The van der Waals surface area contributed by atoms with Crippen LogP contribution in [0.15, 0.2) is 54.6 Å². The standard InChI is InChI=1S/C21H22N4O4S/c1-14-19(15(2)25(24-14)18-6-4-3-5-7-18)20(26)21(27)23-12-16-8-10-17(11-9-16)13-30(22,28)29/h3-11H,12-13H2,1-2H3,(H,23,27)(H2,22,28,29). The van der Waals surface area contributed by atoms with E-state index in [1.807, 2.05) is 30.3 Å². The summed E-state index contributed by atoms with van der Waals surface area (Å²) in [5.74, 6) is -1.65. The Kier molecular flexibility index (Phi) is 6.14. The van der Waals surface area contributed by atoms with E-state index in [0.29, 0.717) is 17.0 Å². The lowest BCUT2D eigenvalue weighted by Crippen LogP contribution is -2.31. The third-order valence-corrected chi connectivity index (χ3v) is 5.30. The fourth-order valence-corrected chi connectivity index (χ4v) is 3.81. The van der Waals surface area contributed by atoms with Gasteiger partial charge >= 0.3 is 0 Å². The summed E-state index contributed by atoms with van der Waals surface area (Å²) in [7, 11) is -3.61. The minimum atomic E-state index is -3.61. The molecule has 156 valence electrons. The number of hydrogen-bond acceptors (Lipinski definition) is 5. The van der Waals surface area contributed by atoms with Crippen LogP contribution in [0.25, 0.3) is 5.69 Å². The summed E-state index contributed by atoms with van der Waals surface area (Å²) in [5.41, 5.74) is 3.41. The van der Waals surface area contributed by atoms with Crippen LogP contribution in [0.3, 0.4) is 0 Å². The minimum absolute atomic E-state index is 0.130. The Morgan fingerprint density at radius 1 is 1.00 bits per heavy atom. The number of nitrogens with two attached hydrogens (primary N) is 1. The zero-order valence-corrected chi connectivity index (χ0v) is 17.4. The van der Waals surface area contributed by atoms with Gasteiger partial charge in [0.25, 0.3) is 11.7 Å². The Balaban J connectivity index is 1.70. The van der Waals surface area contributed by atoms with Crippen molar-refractivity contribution < 1.29 is 18.0 Å². The molecule has 8 nitrogen and oxygen atoms in total. The van der Waals surface area contributed by atoms with E-state index in [-0.39, 0.29) is 17.9 Å². The number of amides is 1. The van der Waals surface area contributed by atoms with Crippen molar-refractivity contribution in [2.75, 3.05) is 0 Å². The maximum atomic E-state index is 12.7. The van der Waals surface area contributed by atoms with Crippen LogP contribution < -0.4 is 10.5 Å². The zero-order valence-electron chi connectivity index (χ0n) is 16.6. The second-order valence-electron chi connectivity index (χ2n) is 6.93. The monoisotopic (exact) mass is 426 g/mol. The third-order valence-electron chi connectivity index (χ3n) is 4.57. The van der Waals surface area contributed by atoms with E-state index < -0.39 is 21.7 Å². The lowest BCUT2D eigenvalue weighted by atomic mass is 10.1. The first kappa shape index (κ1) is 21.4. The number of para-hydroxylation sites is 1. The molecule has 3 rings (SSSR count). The van der Waals surface area contributed by atoms with Gasteiger partial charge in [0.05, 0.1) is 28.4 Å². The van der Waals surface area contributed by atoms with Crippen molar-refractivity contribution in [2.45, 2.75) is 26.1 Å². The van der Waals surface area contributed by atoms with Crippen molar-refractivity contribution in [1.82, 2.24) is 15.1 Å². The van der Waals surface area contributed by atoms with E-state index in [9.17, 15) is 18.0 Å². The Morgan fingerprint density at radius 2 is 1.60 bits per heavy atom. The van der Waals surface area contributed by atoms with Gasteiger partial charge in [-0.15, -0.1) is 0 Å². The van der Waals surface area contributed by atoms with Gasteiger partial charge in [0.1, 0.15) is 0 Å². The van der Waals surface area contributed by atoms with Gasteiger partial charge in [-0.1, -0.05) is 42.5 Å². The second kappa shape index (κ2) is 8.60. The number of aromatic nitrogens is 2. The minimum Gasteiger partial charge on any atom is -0.345 e. The number of Topliss-reactive ketones (excluding diaryl/α,β-unsaturated/α-hetero) is 1. The Labute approximate surface area is 174 Å². The highest BCUT2D eigenvalue weighted by atomic mass is 32.2. The average molecular weight is 426 g/mol. The summed E-state index contributed by atoms with van der Waals surface area (Å²) < 4.78 is 23.9. The first-order valence-corrected chi connectivity index (χ1v) is 10.9. The van der Waals surface area contributed by atoms with Crippen LogP contribution in [0.1, 0.15) is 32.9 Å². The van der Waals surface area contributed by atoms with Gasteiger partial charge in [-0.05, 0) is 37.1 Å². The summed E-state index contributed by atoms with van der Waals surface area (Å²) in [6.07, 6.45) is 0. The van der Waals surface area contributed by atoms with Crippen LogP contribution in [-0.4, -0.2) is 29.9 Å². The first-order valence-electron chi connectivity index (χ1n) is 9.18. The number of nitrogens with one attached hydrogen (secondary N) is 1. The maximum absolute atomic E-state index is 12.7. The highest BCUT2D eigenvalue weighted by molar-refractivity contribution is 7.88. The van der Waals surface area contributed by atoms with Crippen LogP contribution in [0.2, 0.25) is 0 Å². The molecule has 1 amide bonds. The number of hydrogen-bond donors (Lipinski definition) is 2. The molecule has 0 aliphatic carbocycles. The van der Waals surface area contributed by atoms with Gasteiger partial charge in [-0.25, -0.2) is 18.2 Å². The van der Waals surface area contributed by atoms with Gasteiger partial charge in [0.2, 0.25) is 10.0 Å². The number of primary sulfonamides is 1. The van der Waals surface area contributed by atoms with E-state index in [0.717, 1.165) is 11.3 Å². The molecule has 0 radical (unpaired) electrons. The predicted molar refractivity (Wildman–Crippen MR) is 112 cm³/mol. The Morgan fingerprint density at radius 3 is 2.20 bits per heavy atom. The number of ketones is 1. The molecule has 0 fully saturated rings. The van der Waals surface area contributed by atoms with E-state index in [2.05, 4.69) is 10.4 Å². The van der Waals surface area contributed by atoms with Crippen molar-refractivity contribution in [2.24, 2.45) is 5.14 Å². The lowest BCUT2D eigenvalue weighted by molar-refractivity contribution is -0.117. The molecule has 3 N–H and O–H groups in total. The van der Waals surface area contributed by atoms with Crippen LogP contribution in [0, 0.1) is 13.8 Å². The topological polar surface area (TPSA) is 124 Å². The fraction of sp³-hybridized carbons (Fsp3) is 0.190. The van der Waals surface area contributed by atoms with E-state index in [1.165, 1.54) is 0 Å². The number of carbonyl (C=O) groups excluding carboxylic acids is 2.